The Morgan fingerprint density at radius 1 is 1.40 bits per heavy atom. The third-order valence-corrected chi connectivity index (χ3v) is 4.50. The molecule has 0 aliphatic heterocycles. The van der Waals surface area contributed by atoms with Crippen LogP contribution in [-0.2, 0) is 5.41 Å². The van der Waals surface area contributed by atoms with E-state index in [1.807, 2.05) is 0 Å². The summed E-state index contributed by atoms with van der Waals surface area (Å²) in [4.78, 5) is 0. The summed E-state index contributed by atoms with van der Waals surface area (Å²) in [5.41, 5.74) is 3.42. The van der Waals surface area contributed by atoms with Crippen molar-refractivity contribution in [1.29, 1.82) is 0 Å². The van der Waals surface area contributed by atoms with Crippen LogP contribution in [0.25, 0.3) is 0 Å². The van der Waals surface area contributed by atoms with Crippen LogP contribution in [0.4, 0.5) is 0 Å². The maximum Gasteiger partial charge on any atom is 0.0468 e. The molecule has 1 aromatic carbocycles. The van der Waals surface area contributed by atoms with Crippen LogP contribution < -0.4 is 0 Å². The number of benzene rings is 1. The number of rotatable bonds is 1. The Morgan fingerprint density at radius 2 is 2.20 bits per heavy atom. The maximum absolute atomic E-state index is 9.31. The highest BCUT2D eigenvalue weighted by Crippen LogP contribution is 2.61. The molecule has 1 aromatic rings. The second-order valence-electron chi connectivity index (χ2n) is 5.27. The largest absolute Gasteiger partial charge is 0.396 e. The second kappa shape index (κ2) is 3.08. The molecule has 2 aliphatic carbocycles. The molecule has 0 bridgehead atoms. The molecule has 3 rings (SSSR count). The van der Waals surface area contributed by atoms with Crippen LogP contribution >= 0.6 is 0 Å². The predicted molar refractivity (Wildman–Crippen MR) is 61.0 cm³/mol. The topological polar surface area (TPSA) is 20.2 Å². The van der Waals surface area contributed by atoms with Crippen LogP contribution in [0.2, 0.25) is 0 Å². The van der Waals surface area contributed by atoms with Gasteiger partial charge in [-0.05, 0) is 42.2 Å². The van der Waals surface area contributed by atoms with Crippen molar-refractivity contribution in [3.8, 4) is 0 Å². The molecule has 1 N–H and O–H groups in total. The van der Waals surface area contributed by atoms with Crippen molar-refractivity contribution in [3.63, 3.8) is 0 Å². The van der Waals surface area contributed by atoms with Crippen LogP contribution in [0.5, 0.6) is 0 Å². The van der Waals surface area contributed by atoms with Crippen molar-refractivity contribution in [3.05, 3.63) is 35.4 Å². The lowest BCUT2D eigenvalue weighted by Gasteiger charge is -2.30. The number of hydrogen-bond acceptors (Lipinski definition) is 1. The first kappa shape index (κ1) is 9.41. The van der Waals surface area contributed by atoms with E-state index in [0.717, 1.165) is 0 Å². The van der Waals surface area contributed by atoms with Crippen molar-refractivity contribution in [2.24, 2.45) is 5.92 Å². The monoisotopic (exact) mass is 202 g/mol. The van der Waals surface area contributed by atoms with Gasteiger partial charge in [0.1, 0.15) is 0 Å². The highest BCUT2D eigenvalue weighted by atomic mass is 16.3. The highest BCUT2D eigenvalue weighted by molar-refractivity contribution is 5.44. The van der Waals surface area contributed by atoms with Crippen LogP contribution in [0, 0.1) is 5.92 Å². The number of fused-ring (bicyclic) bond motifs is 2. The third-order valence-electron chi connectivity index (χ3n) is 4.50. The zero-order valence-electron chi connectivity index (χ0n) is 9.24. The minimum absolute atomic E-state index is 0.359. The van der Waals surface area contributed by atoms with E-state index in [1.165, 1.54) is 30.4 Å². The molecular formula is C14H18O. The molecule has 0 aromatic heterocycles. The summed E-state index contributed by atoms with van der Waals surface area (Å²) in [6.07, 6.45) is 3.76. The highest BCUT2D eigenvalue weighted by Gasteiger charge is 2.56. The molecule has 0 saturated heterocycles. The Kier molecular flexibility index (Phi) is 1.93. The van der Waals surface area contributed by atoms with E-state index in [0.29, 0.717) is 23.9 Å². The van der Waals surface area contributed by atoms with E-state index in [2.05, 4.69) is 31.2 Å². The summed E-state index contributed by atoms with van der Waals surface area (Å²) in [5.74, 6) is 1.23. The fourth-order valence-electron chi connectivity index (χ4n) is 3.40. The first-order chi connectivity index (χ1) is 7.28. The summed E-state index contributed by atoms with van der Waals surface area (Å²) < 4.78 is 0. The number of aliphatic hydroxyl groups excluding tert-OH is 1. The molecule has 1 saturated carbocycles. The summed E-state index contributed by atoms with van der Waals surface area (Å²) in [6, 6.07) is 8.84. The van der Waals surface area contributed by atoms with Gasteiger partial charge in [0, 0.05) is 12.0 Å². The Bertz CT molecular complexity index is 385. The van der Waals surface area contributed by atoms with Crippen LogP contribution in [-0.4, -0.2) is 11.7 Å². The van der Waals surface area contributed by atoms with Gasteiger partial charge in [0.25, 0.3) is 0 Å². The van der Waals surface area contributed by atoms with Crippen molar-refractivity contribution in [1.82, 2.24) is 0 Å². The van der Waals surface area contributed by atoms with Gasteiger partial charge in [-0.1, -0.05) is 31.2 Å². The van der Waals surface area contributed by atoms with Crippen molar-refractivity contribution < 1.29 is 5.11 Å². The molecular weight excluding hydrogens is 184 g/mol. The molecule has 0 amide bonds. The zero-order valence-corrected chi connectivity index (χ0v) is 9.24. The fourth-order valence-corrected chi connectivity index (χ4v) is 3.40. The molecule has 1 nitrogen and oxygen atoms in total. The van der Waals surface area contributed by atoms with Gasteiger partial charge in [0.15, 0.2) is 0 Å². The van der Waals surface area contributed by atoms with Gasteiger partial charge < -0.3 is 5.11 Å². The van der Waals surface area contributed by atoms with E-state index in [-0.39, 0.29) is 0 Å². The van der Waals surface area contributed by atoms with Gasteiger partial charge in [-0.25, -0.2) is 0 Å². The fraction of sp³-hybridized carbons (Fsp3) is 0.571. The van der Waals surface area contributed by atoms with Crippen LogP contribution in [0.15, 0.2) is 24.3 Å². The normalized spacial score (nSPS) is 37.7. The smallest absolute Gasteiger partial charge is 0.0468 e. The SMILES string of the molecule is CC1CCC2(CC2CO)c2ccccc21. The Hall–Kier alpha value is -0.820. The van der Waals surface area contributed by atoms with Crippen LogP contribution in [0.1, 0.15) is 43.2 Å². The lowest BCUT2D eigenvalue weighted by Crippen LogP contribution is -2.21. The van der Waals surface area contributed by atoms with E-state index in [4.69, 9.17) is 0 Å². The number of hydrogen-bond donors (Lipinski definition) is 1. The van der Waals surface area contributed by atoms with E-state index < -0.39 is 0 Å². The first-order valence-electron chi connectivity index (χ1n) is 5.98. The van der Waals surface area contributed by atoms with E-state index >= 15 is 0 Å². The Morgan fingerprint density at radius 3 is 2.93 bits per heavy atom. The summed E-state index contributed by atoms with van der Waals surface area (Å²) in [7, 11) is 0. The molecule has 1 spiro atoms. The quantitative estimate of drug-likeness (QED) is 0.742. The molecule has 80 valence electrons. The summed E-state index contributed by atoms with van der Waals surface area (Å²) in [6.45, 7) is 2.69. The average molecular weight is 202 g/mol. The molecule has 15 heavy (non-hydrogen) atoms. The maximum atomic E-state index is 9.31. The second-order valence-corrected chi connectivity index (χ2v) is 5.27. The molecule has 2 aliphatic rings. The van der Waals surface area contributed by atoms with Crippen molar-refractivity contribution >= 4 is 0 Å². The molecule has 0 heterocycles. The standard InChI is InChI=1S/C14H18O/c1-10-6-7-14(8-11(14)9-15)13-5-3-2-4-12(10)13/h2-5,10-11,15H,6-9H2,1H3. The van der Waals surface area contributed by atoms with Crippen molar-refractivity contribution in [2.45, 2.75) is 37.5 Å². The minimum atomic E-state index is 0.359. The molecule has 3 unspecified atom stereocenters. The van der Waals surface area contributed by atoms with Gasteiger partial charge >= 0.3 is 0 Å². The van der Waals surface area contributed by atoms with E-state index in [9.17, 15) is 5.11 Å². The van der Waals surface area contributed by atoms with Crippen LogP contribution in [0.3, 0.4) is 0 Å². The first-order valence-corrected chi connectivity index (χ1v) is 5.98. The summed E-state index contributed by atoms with van der Waals surface area (Å²) >= 11 is 0. The van der Waals surface area contributed by atoms with Crippen molar-refractivity contribution in [2.75, 3.05) is 6.61 Å². The van der Waals surface area contributed by atoms with Gasteiger partial charge in [0.2, 0.25) is 0 Å². The Balaban J connectivity index is 2.07. The minimum Gasteiger partial charge on any atom is -0.396 e. The van der Waals surface area contributed by atoms with Gasteiger partial charge in [-0.3, -0.25) is 0 Å². The molecule has 1 fully saturated rings. The molecule has 1 heteroatoms. The number of aliphatic hydroxyl groups is 1. The lowest BCUT2D eigenvalue weighted by atomic mass is 9.74. The lowest BCUT2D eigenvalue weighted by molar-refractivity contribution is 0.257. The van der Waals surface area contributed by atoms with Gasteiger partial charge in [-0.15, -0.1) is 0 Å². The third kappa shape index (κ3) is 1.19. The van der Waals surface area contributed by atoms with Gasteiger partial charge in [0.05, 0.1) is 0 Å². The Labute approximate surface area is 91.1 Å². The molecule has 0 radical (unpaired) electrons. The van der Waals surface area contributed by atoms with Gasteiger partial charge in [-0.2, -0.15) is 0 Å². The zero-order chi connectivity index (χ0) is 10.5. The molecule has 3 atom stereocenters. The predicted octanol–water partition coefficient (Wildman–Crippen LogP) is 2.83. The summed E-state index contributed by atoms with van der Waals surface area (Å²) in [5, 5.41) is 9.31. The average Bonchev–Trinajstić information content (AvgIpc) is 2.99. The van der Waals surface area contributed by atoms with E-state index in [1.54, 1.807) is 0 Å².